The minimum absolute atomic E-state index is 0.256. The normalized spacial score (nSPS) is 14.0. The number of carbonyl (C=O) groups is 1. The van der Waals surface area contributed by atoms with E-state index in [1.165, 1.54) is 0 Å². The highest BCUT2D eigenvalue weighted by Crippen LogP contribution is 2.32. The van der Waals surface area contributed by atoms with Crippen molar-refractivity contribution in [3.63, 3.8) is 0 Å². The molecule has 2 aromatic heterocycles. The van der Waals surface area contributed by atoms with Crippen LogP contribution in [0.4, 0.5) is 0 Å². The van der Waals surface area contributed by atoms with E-state index in [1.807, 2.05) is 13.0 Å². The van der Waals surface area contributed by atoms with E-state index in [-0.39, 0.29) is 5.56 Å². The molecule has 0 spiro atoms. The Kier molecular flexibility index (Phi) is 3.64. The van der Waals surface area contributed by atoms with Crippen molar-refractivity contribution in [2.75, 3.05) is 6.61 Å². The van der Waals surface area contributed by atoms with Crippen LogP contribution in [0.2, 0.25) is 0 Å². The Balaban J connectivity index is 2.18. The van der Waals surface area contributed by atoms with E-state index >= 15 is 0 Å². The summed E-state index contributed by atoms with van der Waals surface area (Å²) >= 11 is 0. The number of aryl methyl sites for hydroxylation is 2. The first kappa shape index (κ1) is 13.7. The first-order valence-corrected chi connectivity index (χ1v) is 6.77. The first-order chi connectivity index (χ1) is 10.2. The van der Waals surface area contributed by atoms with Gasteiger partial charge in [0.15, 0.2) is 0 Å². The van der Waals surface area contributed by atoms with E-state index in [1.54, 1.807) is 17.1 Å². The molecular formula is C14H14BN3O3. The van der Waals surface area contributed by atoms with Gasteiger partial charge in [-0.15, -0.1) is 0 Å². The fraction of sp³-hybridized carbons (Fsp3) is 0.357. The number of hydrogen-bond acceptors (Lipinski definition) is 5. The van der Waals surface area contributed by atoms with Crippen molar-refractivity contribution in [3.05, 3.63) is 29.6 Å². The number of ether oxygens (including phenoxy) is 1. The van der Waals surface area contributed by atoms with Crippen LogP contribution in [0, 0.1) is 6.92 Å². The minimum atomic E-state index is -0.658. The molecule has 3 rings (SSSR count). The number of hydrogen-bond donors (Lipinski definition) is 0. The number of aromatic nitrogens is 3. The van der Waals surface area contributed by atoms with Gasteiger partial charge >= 0.3 is 14.0 Å². The summed E-state index contributed by atoms with van der Waals surface area (Å²) in [6, 6.07) is 1.91. The maximum absolute atomic E-state index is 12.0. The van der Waals surface area contributed by atoms with E-state index in [0.29, 0.717) is 24.7 Å². The maximum atomic E-state index is 12.0. The number of nitrogens with zero attached hydrogens (tertiary/aromatic N) is 3. The lowest BCUT2D eigenvalue weighted by Crippen LogP contribution is -2.07. The Morgan fingerprint density at radius 2 is 2.29 bits per heavy atom. The van der Waals surface area contributed by atoms with Gasteiger partial charge in [-0.3, -0.25) is 4.98 Å². The molecule has 0 bridgehead atoms. The molecule has 0 N–H and O–H groups in total. The van der Waals surface area contributed by atoms with E-state index < -0.39 is 5.97 Å². The zero-order chi connectivity index (χ0) is 14.8. The average Bonchev–Trinajstić information content (AvgIpc) is 2.69. The van der Waals surface area contributed by atoms with Gasteiger partial charge in [-0.1, -0.05) is 0 Å². The van der Waals surface area contributed by atoms with Gasteiger partial charge in [-0.05, 0) is 31.4 Å². The Morgan fingerprint density at radius 1 is 1.43 bits per heavy atom. The molecule has 0 aromatic carbocycles. The maximum Gasteiger partial charge on any atom is 0.378 e. The molecule has 7 heteroatoms. The number of rotatable bonds is 2. The predicted molar refractivity (Wildman–Crippen MR) is 76.1 cm³/mol. The lowest BCUT2D eigenvalue weighted by atomic mass is 10.1. The molecule has 21 heavy (non-hydrogen) atoms. The first-order valence-electron chi connectivity index (χ1n) is 6.77. The van der Waals surface area contributed by atoms with Crippen molar-refractivity contribution in [1.29, 1.82) is 0 Å². The second-order valence-electron chi connectivity index (χ2n) is 4.96. The molecule has 0 unspecified atom stereocenters. The smallest absolute Gasteiger partial charge is 0.378 e. The second-order valence-corrected chi connectivity index (χ2v) is 4.96. The molecule has 1 aliphatic rings. The van der Waals surface area contributed by atoms with Crippen molar-refractivity contribution in [2.24, 2.45) is 0 Å². The summed E-state index contributed by atoms with van der Waals surface area (Å²) in [7, 11) is 5.05. The third kappa shape index (κ3) is 2.51. The fourth-order valence-electron chi connectivity index (χ4n) is 2.41. The molecule has 0 atom stereocenters. The Morgan fingerprint density at radius 3 is 3.05 bits per heavy atom. The van der Waals surface area contributed by atoms with Crippen LogP contribution in [-0.4, -0.2) is 35.4 Å². The van der Waals surface area contributed by atoms with Gasteiger partial charge in [0.2, 0.25) is 5.88 Å². The summed E-state index contributed by atoms with van der Waals surface area (Å²) in [6.07, 6.45) is 5.25. The zero-order valence-electron chi connectivity index (χ0n) is 11.7. The van der Waals surface area contributed by atoms with E-state index in [2.05, 4.69) is 14.7 Å². The predicted octanol–water partition coefficient (Wildman–Crippen LogP) is 1.67. The number of fused-ring (bicyclic) bond motifs is 1. The summed E-state index contributed by atoms with van der Waals surface area (Å²) in [5.41, 5.74) is 2.45. The molecule has 6 nitrogen and oxygen atoms in total. The largest absolute Gasteiger partial charge is 0.540 e. The van der Waals surface area contributed by atoms with E-state index in [0.717, 1.165) is 24.0 Å². The second kappa shape index (κ2) is 5.59. The molecule has 0 fully saturated rings. The molecule has 1 aliphatic heterocycles. The molecule has 0 saturated heterocycles. The van der Waals surface area contributed by atoms with Crippen molar-refractivity contribution in [1.82, 2.24) is 14.8 Å². The molecule has 0 saturated carbocycles. The Hall–Kier alpha value is -2.31. The molecule has 2 aromatic rings. The Labute approximate surface area is 123 Å². The summed E-state index contributed by atoms with van der Waals surface area (Å²) < 4.78 is 11.8. The zero-order valence-corrected chi connectivity index (χ0v) is 11.7. The minimum Gasteiger partial charge on any atom is -0.540 e. The van der Waals surface area contributed by atoms with Crippen LogP contribution in [0.1, 0.15) is 28.8 Å². The average molecular weight is 283 g/mol. The lowest BCUT2D eigenvalue weighted by Gasteiger charge is -2.06. The molecule has 0 amide bonds. The van der Waals surface area contributed by atoms with Gasteiger partial charge in [0.05, 0.1) is 6.61 Å². The molecule has 2 radical (unpaired) electrons. The van der Waals surface area contributed by atoms with E-state index in [9.17, 15) is 4.79 Å². The van der Waals surface area contributed by atoms with Gasteiger partial charge in [0.25, 0.3) is 0 Å². The monoisotopic (exact) mass is 283 g/mol. The quantitative estimate of drug-likeness (QED) is 0.784. The highest BCUT2D eigenvalue weighted by atomic mass is 16.5. The summed E-state index contributed by atoms with van der Waals surface area (Å²) in [6.45, 7) is 3.16. The molecular weight excluding hydrogens is 269 g/mol. The third-order valence-electron chi connectivity index (χ3n) is 3.37. The van der Waals surface area contributed by atoms with E-state index in [4.69, 9.17) is 12.8 Å². The van der Waals surface area contributed by atoms with Crippen LogP contribution < -0.4 is 4.74 Å². The topological polar surface area (TPSA) is 66.2 Å². The lowest BCUT2D eigenvalue weighted by molar-refractivity contribution is 0.0745. The summed E-state index contributed by atoms with van der Waals surface area (Å²) in [5.74, 6) is -0.242. The van der Waals surface area contributed by atoms with Crippen LogP contribution in [-0.2, 0) is 11.2 Å². The van der Waals surface area contributed by atoms with Gasteiger partial charge in [0.1, 0.15) is 11.3 Å². The third-order valence-corrected chi connectivity index (χ3v) is 3.37. The summed E-state index contributed by atoms with van der Waals surface area (Å²) in [4.78, 5) is 16.2. The van der Waals surface area contributed by atoms with Gasteiger partial charge in [0, 0.05) is 24.5 Å². The number of carbonyl (C=O) groups excluding carboxylic acids is 1. The molecule has 106 valence electrons. The van der Waals surface area contributed by atoms with Crippen LogP contribution in [0.5, 0.6) is 5.88 Å². The van der Waals surface area contributed by atoms with Gasteiger partial charge < -0.3 is 9.39 Å². The summed E-state index contributed by atoms with van der Waals surface area (Å²) in [5, 5.41) is 4.49. The highest BCUT2D eigenvalue weighted by Gasteiger charge is 2.27. The van der Waals surface area contributed by atoms with Crippen molar-refractivity contribution in [2.45, 2.75) is 26.3 Å². The highest BCUT2D eigenvalue weighted by molar-refractivity contribution is 6.12. The fourth-order valence-corrected chi connectivity index (χ4v) is 2.41. The molecule has 0 aliphatic carbocycles. The standard InChI is InChI=1S/C14H14BN3O3/c1-9-6-10(8-16-7-9)12-11(14(19)21-15)13-18(17-12)4-2-3-5-20-13/h6-8H,2-5H2,1H3. The van der Waals surface area contributed by atoms with Crippen LogP contribution in [0.15, 0.2) is 18.5 Å². The Bertz CT molecular complexity index is 684. The van der Waals surface area contributed by atoms with Gasteiger partial charge in [-0.25, -0.2) is 9.48 Å². The number of pyridine rings is 1. The van der Waals surface area contributed by atoms with Crippen molar-refractivity contribution < 1.29 is 14.2 Å². The van der Waals surface area contributed by atoms with Crippen molar-refractivity contribution in [3.8, 4) is 17.1 Å². The van der Waals surface area contributed by atoms with Crippen LogP contribution in [0.25, 0.3) is 11.3 Å². The van der Waals surface area contributed by atoms with Crippen molar-refractivity contribution >= 4 is 14.0 Å². The van der Waals surface area contributed by atoms with Crippen LogP contribution in [0.3, 0.4) is 0 Å². The van der Waals surface area contributed by atoms with Gasteiger partial charge in [-0.2, -0.15) is 5.10 Å². The molecule has 3 heterocycles. The van der Waals surface area contributed by atoms with Crippen LogP contribution >= 0.6 is 0 Å². The SMILES string of the molecule is [B]OC(=O)c1c(-c2cncc(C)c2)nn2c1OCCCC2.